The van der Waals surface area contributed by atoms with Gasteiger partial charge in [-0.1, -0.05) is 17.4 Å². The fourth-order valence-electron chi connectivity index (χ4n) is 1.53. The second-order valence-corrected chi connectivity index (χ2v) is 5.00. The van der Waals surface area contributed by atoms with Crippen LogP contribution in [0.25, 0.3) is 0 Å². The van der Waals surface area contributed by atoms with E-state index in [0.29, 0.717) is 23.3 Å². The lowest BCUT2D eigenvalue weighted by Gasteiger charge is -2.25. The van der Waals surface area contributed by atoms with E-state index in [2.05, 4.69) is 22.2 Å². The molecule has 92 valence electrons. The number of amides is 1. The summed E-state index contributed by atoms with van der Waals surface area (Å²) in [6.45, 7) is 3.97. The third-order valence-electron chi connectivity index (χ3n) is 2.70. The Balaban J connectivity index is 2.01. The van der Waals surface area contributed by atoms with Crippen LogP contribution in [0.5, 0.6) is 0 Å². The van der Waals surface area contributed by atoms with Crippen molar-refractivity contribution in [3.05, 3.63) is 17.5 Å². The minimum atomic E-state index is -0.193. The normalized spacial score (nSPS) is 15.1. The maximum Gasteiger partial charge on any atom is 0.265 e. The number of aromatic nitrogens is 1. The van der Waals surface area contributed by atoms with Crippen LogP contribution in [0, 0.1) is 0 Å². The number of thiazole rings is 1. The highest BCUT2D eigenvalue weighted by Crippen LogP contribution is 2.29. The van der Waals surface area contributed by atoms with Gasteiger partial charge in [-0.2, -0.15) is 0 Å². The standard InChI is InChI=1S/C11H16N4OS/c1-2-6-13-10(16)8-9(12)15-11(17-8)14-7-4-3-5-7/h2,7H,1,3-6,12H2,(H,13,16)(H,14,15). The molecule has 0 saturated heterocycles. The van der Waals surface area contributed by atoms with Crippen molar-refractivity contribution in [2.24, 2.45) is 0 Å². The number of carbonyl (C=O) groups excluding carboxylic acids is 1. The summed E-state index contributed by atoms with van der Waals surface area (Å²) in [4.78, 5) is 16.3. The van der Waals surface area contributed by atoms with Gasteiger partial charge in [0.1, 0.15) is 10.7 Å². The summed E-state index contributed by atoms with van der Waals surface area (Å²) in [5, 5.41) is 6.70. The van der Waals surface area contributed by atoms with Gasteiger partial charge in [-0.05, 0) is 19.3 Å². The Bertz CT molecular complexity index is 425. The average Bonchev–Trinajstić information content (AvgIpc) is 2.62. The molecule has 6 heteroatoms. The van der Waals surface area contributed by atoms with Gasteiger partial charge in [0.25, 0.3) is 5.91 Å². The van der Waals surface area contributed by atoms with Crippen LogP contribution in [-0.4, -0.2) is 23.5 Å². The van der Waals surface area contributed by atoms with E-state index in [1.54, 1.807) is 6.08 Å². The van der Waals surface area contributed by atoms with Crippen molar-refractivity contribution >= 4 is 28.2 Å². The Morgan fingerprint density at radius 2 is 2.41 bits per heavy atom. The summed E-state index contributed by atoms with van der Waals surface area (Å²) in [5.41, 5.74) is 5.72. The van der Waals surface area contributed by atoms with E-state index in [1.807, 2.05) is 0 Å². The summed E-state index contributed by atoms with van der Waals surface area (Å²) in [6.07, 6.45) is 5.21. The average molecular weight is 252 g/mol. The number of rotatable bonds is 5. The highest BCUT2D eigenvalue weighted by molar-refractivity contribution is 7.18. The molecule has 0 radical (unpaired) electrons. The van der Waals surface area contributed by atoms with Gasteiger partial charge in [-0.25, -0.2) is 4.98 Å². The van der Waals surface area contributed by atoms with Crippen LogP contribution in [0.3, 0.4) is 0 Å². The number of nitrogen functional groups attached to an aromatic ring is 1. The second-order valence-electron chi connectivity index (χ2n) is 4.00. The lowest BCUT2D eigenvalue weighted by Crippen LogP contribution is -2.26. The monoisotopic (exact) mass is 252 g/mol. The first-order valence-electron chi connectivity index (χ1n) is 5.62. The number of carbonyl (C=O) groups is 1. The third kappa shape index (κ3) is 2.76. The minimum Gasteiger partial charge on any atom is -0.382 e. The van der Waals surface area contributed by atoms with E-state index in [1.165, 1.54) is 17.8 Å². The first-order chi connectivity index (χ1) is 8.20. The highest BCUT2D eigenvalue weighted by Gasteiger charge is 2.21. The molecule has 1 saturated carbocycles. The molecule has 0 unspecified atom stereocenters. The molecule has 4 N–H and O–H groups in total. The molecule has 17 heavy (non-hydrogen) atoms. The lowest BCUT2D eigenvalue weighted by atomic mass is 9.93. The summed E-state index contributed by atoms with van der Waals surface area (Å²) >= 11 is 1.30. The zero-order valence-electron chi connectivity index (χ0n) is 9.53. The zero-order valence-corrected chi connectivity index (χ0v) is 10.3. The Morgan fingerprint density at radius 1 is 1.65 bits per heavy atom. The Hall–Kier alpha value is -1.56. The van der Waals surface area contributed by atoms with Crippen molar-refractivity contribution in [2.75, 3.05) is 17.6 Å². The number of anilines is 2. The molecule has 1 heterocycles. The van der Waals surface area contributed by atoms with Crippen LogP contribution in [0.4, 0.5) is 10.9 Å². The van der Waals surface area contributed by atoms with Gasteiger partial charge in [0, 0.05) is 12.6 Å². The van der Waals surface area contributed by atoms with E-state index >= 15 is 0 Å². The number of hydrogen-bond acceptors (Lipinski definition) is 5. The number of nitrogens with two attached hydrogens (primary N) is 1. The predicted molar refractivity (Wildman–Crippen MR) is 70.3 cm³/mol. The van der Waals surface area contributed by atoms with Gasteiger partial charge < -0.3 is 16.4 Å². The van der Waals surface area contributed by atoms with E-state index in [0.717, 1.165) is 18.0 Å². The van der Waals surface area contributed by atoms with Gasteiger partial charge in [-0.15, -0.1) is 6.58 Å². The van der Waals surface area contributed by atoms with E-state index in [9.17, 15) is 4.79 Å². The van der Waals surface area contributed by atoms with Crippen LogP contribution >= 0.6 is 11.3 Å². The minimum absolute atomic E-state index is 0.193. The van der Waals surface area contributed by atoms with Crippen LogP contribution in [0.15, 0.2) is 12.7 Å². The molecule has 1 fully saturated rings. The number of nitrogens with one attached hydrogen (secondary N) is 2. The van der Waals surface area contributed by atoms with Gasteiger partial charge in [0.05, 0.1) is 0 Å². The predicted octanol–water partition coefficient (Wildman–Crippen LogP) is 1.61. The molecule has 2 rings (SSSR count). The van der Waals surface area contributed by atoms with Crippen molar-refractivity contribution < 1.29 is 4.79 Å². The van der Waals surface area contributed by atoms with Crippen molar-refractivity contribution in [2.45, 2.75) is 25.3 Å². The number of nitrogens with zero attached hydrogens (tertiary/aromatic N) is 1. The largest absolute Gasteiger partial charge is 0.382 e. The molecule has 0 spiro atoms. The lowest BCUT2D eigenvalue weighted by molar-refractivity contribution is 0.0962. The van der Waals surface area contributed by atoms with Crippen molar-refractivity contribution in [3.63, 3.8) is 0 Å². The molecular formula is C11H16N4OS. The maximum atomic E-state index is 11.7. The van der Waals surface area contributed by atoms with E-state index < -0.39 is 0 Å². The molecule has 1 amide bonds. The van der Waals surface area contributed by atoms with Gasteiger partial charge in [0.2, 0.25) is 0 Å². The Labute approximate surface area is 104 Å². The molecule has 5 nitrogen and oxygen atoms in total. The molecule has 0 atom stereocenters. The fourth-order valence-corrected chi connectivity index (χ4v) is 2.41. The van der Waals surface area contributed by atoms with Gasteiger partial charge in [-0.3, -0.25) is 4.79 Å². The Morgan fingerprint density at radius 3 is 3.00 bits per heavy atom. The topological polar surface area (TPSA) is 80.0 Å². The molecule has 0 bridgehead atoms. The second kappa shape index (κ2) is 5.18. The molecule has 0 aliphatic heterocycles. The zero-order chi connectivity index (χ0) is 12.3. The molecule has 1 aromatic heterocycles. The molecule has 1 aliphatic rings. The molecule has 1 aromatic rings. The van der Waals surface area contributed by atoms with Crippen LogP contribution in [0.2, 0.25) is 0 Å². The van der Waals surface area contributed by atoms with Crippen molar-refractivity contribution in [1.82, 2.24) is 10.3 Å². The first-order valence-corrected chi connectivity index (χ1v) is 6.44. The molecule has 1 aliphatic carbocycles. The summed E-state index contributed by atoms with van der Waals surface area (Å²) < 4.78 is 0. The van der Waals surface area contributed by atoms with Crippen LogP contribution in [-0.2, 0) is 0 Å². The smallest absolute Gasteiger partial charge is 0.265 e. The first kappa shape index (κ1) is 11.9. The van der Waals surface area contributed by atoms with Gasteiger partial charge in [0.15, 0.2) is 5.13 Å². The SMILES string of the molecule is C=CCNC(=O)c1sc(NC2CCC2)nc1N. The molecule has 0 aromatic carbocycles. The third-order valence-corrected chi connectivity index (χ3v) is 3.70. The van der Waals surface area contributed by atoms with Gasteiger partial charge >= 0.3 is 0 Å². The summed E-state index contributed by atoms with van der Waals surface area (Å²) in [6, 6.07) is 0.490. The van der Waals surface area contributed by atoms with Crippen molar-refractivity contribution in [3.8, 4) is 0 Å². The van der Waals surface area contributed by atoms with E-state index in [4.69, 9.17) is 5.73 Å². The summed E-state index contributed by atoms with van der Waals surface area (Å²) in [7, 11) is 0. The van der Waals surface area contributed by atoms with Crippen LogP contribution in [0.1, 0.15) is 28.9 Å². The van der Waals surface area contributed by atoms with Crippen molar-refractivity contribution in [1.29, 1.82) is 0 Å². The quantitative estimate of drug-likeness (QED) is 0.695. The molecular weight excluding hydrogens is 236 g/mol. The fraction of sp³-hybridized carbons (Fsp3) is 0.455. The van der Waals surface area contributed by atoms with Crippen LogP contribution < -0.4 is 16.4 Å². The summed E-state index contributed by atoms with van der Waals surface area (Å²) in [5.74, 6) is 0.0972. The highest BCUT2D eigenvalue weighted by atomic mass is 32.1. The van der Waals surface area contributed by atoms with E-state index in [-0.39, 0.29) is 5.91 Å². The number of hydrogen-bond donors (Lipinski definition) is 3. The Kier molecular flexibility index (Phi) is 3.63. The maximum absolute atomic E-state index is 11.7.